The molecule has 0 aliphatic carbocycles. The Morgan fingerprint density at radius 3 is 1.91 bits per heavy atom. The summed E-state index contributed by atoms with van der Waals surface area (Å²) >= 11 is 0. The van der Waals surface area contributed by atoms with Crippen LogP contribution in [0.15, 0.2) is 91.0 Å². The third-order valence-corrected chi connectivity index (χ3v) is 7.23. The van der Waals surface area contributed by atoms with E-state index in [1.165, 1.54) is 0 Å². The molecule has 0 N–H and O–H groups in total. The number of carbonyl (C=O) groups excluding carboxylic acids is 2. The normalized spacial score (nSPS) is 25.9. The highest BCUT2D eigenvalue weighted by Crippen LogP contribution is 2.46. The number of fused-ring (bicyclic) bond motifs is 2. The lowest BCUT2D eigenvalue weighted by molar-refractivity contribution is -0.221. The average molecular weight is 469 g/mol. The van der Waals surface area contributed by atoms with E-state index in [1.54, 1.807) is 4.90 Å². The number of morpholine rings is 1. The summed E-state index contributed by atoms with van der Waals surface area (Å²) in [7, 11) is 0. The molecule has 35 heavy (non-hydrogen) atoms. The topological polar surface area (TPSA) is 59.1 Å². The van der Waals surface area contributed by atoms with Gasteiger partial charge in [-0.1, -0.05) is 91.0 Å². The quantitative estimate of drug-likeness (QED) is 0.570. The molecule has 3 aromatic carbocycles. The summed E-state index contributed by atoms with van der Waals surface area (Å²) in [5.74, 6) is -1.58. The van der Waals surface area contributed by atoms with E-state index >= 15 is 0 Å². The Labute approximate surface area is 205 Å². The Kier molecular flexibility index (Phi) is 5.63. The fraction of sp³-hybridized carbons (Fsp3) is 0.310. The van der Waals surface area contributed by atoms with Gasteiger partial charge < -0.3 is 19.3 Å². The van der Waals surface area contributed by atoms with Gasteiger partial charge in [0.2, 0.25) is 5.79 Å². The minimum absolute atomic E-state index is 0.156. The summed E-state index contributed by atoms with van der Waals surface area (Å²) in [6.45, 7) is 1.57. The first kappa shape index (κ1) is 22.0. The Hall–Kier alpha value is -3.48. The maximum atomic E-state index is 14.0. The van der Waals surface area contributed by atoms with Crippen molar-refractivity contribution in [3.05, 3.63) is 108 Å². The van der Waals surface area contributed by atoms with Gasteiger partial charge >= 0.3 is 0 Å². The van der Waals surface area contributed by atoms with Crippen molar-refractivity contribution in [2.24, 2.45) is 0 Å². The molecular formula is C29H28N2O4. The first-order chi connectivity index (χ1) is 17.2. The van der Waals surface area contributed by atoms with Crippen molar-refractivity contribution < 1.29 is 19.1 Å². The molecule has 178 valence electrons. The van der Waals surface area contributed by atoms with E-state index in [1.807, 2.05) is 95.9 Å². The molecule has 0 radical (unpaired) electrons. The molecule has 2 amide bonds. The highest BCUT2D eigenvalue weighted by Gasteiger charge is 2.61. The summed E-state index contributed by atoms with van der Waals surface area (Å²) in [6, 6.07) is 29.3. The Morgan fingerprint density at radius 2 is 1.34 bits per heavy atom. The third kappa shape index (κ3) is 3.83. The van der Waals surface area contributed by atoms with Crippen molar-refractivity contribution in [2.75, 3.05) is 19.6 Å². The van der Waals surface area contributed by atoms with E-state index in [0.29, 0.717) is 13.1 Å². The van der Waals surface area contributed by atoms with Gasteiger partial charge in [0.15, 0.2) is 12.2 Å². The van der Waals surface area contributed by atoms with Crippen LogP contribution < -0.4 is 0 Å². The second-order valence-electron chi connectivity index (χ2n) is 9.42. The molecule has 3 saturated heterocycles. The van der Waals surface area contributed by atoms with Gasteiger partial charge in [-0.25, -0.2) is 0 Å². The van der Waals surface area contributed by atoms with Crippen LogP contribution in [-0.2, 0) is 24.8 Å². The predicted molar refractivity (Wildman–Crippen MR) is 130 cm³/mol. The molecule has 3 fully saturated rings. The molecule has 3 heterocycles. The average Bonchev–Trinajstić information content (AvgIpc) is 3.57. The number of nitrogens with zero attached hydrogens (tertiary/aromatic N) is 2. The lowest BCUT2D eigenvalue weighted by atomic mass is 9.94. The highest BCUT2D eigenvalue weighted by molar-refractivity contribution is 5.93. The Morgan fingerprint density at radius 1 is 0.800 bits per heavy atom. The van der Waals surface area contributed by atoms with Crippen molar-refractivity contribution in [2.45, 2.75) is 36.9 Å². The van der Waals surface area contributed by atoms with Gasteiger partial charge in [0.05, 0.1) is 12.6 Å². The van der Waals surface area contributed by atoms with E-state index in [-0.39, 0.29) is 24.4 Å². The molecule has 3 aliphatic heterocycles. The van der Waals surface area contributed by atoms with Gasteiger partial charge in [-0.2, -0.15) is 0 Å². The molecule has 0 aromatic heterocycles. The lowest BCUT2D eigenvalue weighted by Crippen LogP contribution is -2.55. The van der Waals surface area contributed by atoms with Crippen LogP contribution in [0, 0.1) is 0 Å². The molecule has 0 unspecified atom stereocenters. The monoisotopic (exact) mass is 468 g/mol. The molecule has 3 aliphatic rings. The molecule has 6 heteroatoms. The predicted octanol–water partition coefficient (Wildman–Crippen LogP) is 3.88. The second kappa shape index (κ2) is 8.95. The minimum Gasteiger partial charge on any atom is -0.340 e. The number of rotatable bonds is 5. The SMILES string of the molecule is O=C([C@@H]1O[C@]2(c3ccccc3)CN(C(c3ccccc3)c3ccccc3)C(=O)[C@H]1O2)N1CCCC1. The van der Waals surface area contributed by atoms with E-state index in [0.717, 1.165) is 29.5 Å². The first-order valence-corrected chi connectivity index (χ1v) is 12.3. The van der Waals surface area contributed by atoms with Crippen molar-refractivity contribution in [1.82, 2.24) is 9.80 Å². The summed E-state index contributed by atoms with van der Waals surface area (Å²) < 4.78 is 12.8. The van der Waals surface area contributed by atoms with Crippen LogP contribution in [0.1, 0.15) is 35.6 Å². The molecule has 2 bridgehead atoms. The molecule has 0 spiro atoms. The molecule has 0 saturated carbocycles. The largest absolute Gasteiger partial charge is 0.340 e. The van der Waals surface area contributed by atoms with Gasteiger partial charge in [0.1, 0.15) is 0 Å². The summed E-state index contributed by atoms with van der Waals surface area (Å²) in [4.78, 5) is 31.1. The van der Waals surface area contributed by atoms with E-state index in [2.05, 4.69) is 0 Å². The summed E-state index contributed by atoms with van der Waals surface area (Å²) in [5, 5.41) is 0. The fourth-order valence-corrected chi connectivity index (χ4v) is 5.54. The van der Waals surface area contributed by atoms with Crippen molar-refractivity contribution >= 4 is 11.8 Å². The first-order valence-electron chi connectivity index (χ1n) is 12.3. The van der Waals surface area contributed by atoms with Crippen LogP contribution in [0.3, 0.4) is 0 Å². The fourth-order valence-electron chi connectivity index (χ4n) is 5.54. The summed E-state index contributed by atoms with van der Waals surface area (Å²) in [5.41, 5.74) is 2.80. The molecule has 6 nitrogen and oxygen atoms in total. The highest BCUT2D eigenvalue weighted by atomic mass is 16.8. The number of likely N-dealkylation sites (tertiary alicyclic amines) is 1. The number of hydrogen-bond donors (Lipinski definition) is 0. The van der Waals surface area contributed by atoms with E-state index < -0.39 is 18.0 Å². The molecule has 3 atom stereocenters. The zero-order chi connectivity index (χ0) is 23.8. The van der Waals surface area contributed by atoms with Gasteiger partial charge in [-0.3, -0.25) is 9.59 Å². The van der Waals surface area contributed by atoms with E-state index in [4.69, 9.17) is 9.47 Å². The number of amides is 2. The van der Waals surface area contributed by atoms with Crippen LogP contribution in [0.5, 0.6) is 0 Å². The molecule has 6 rings (SSSR count). The maximum absolute atomic E-state index is 14.0. The maximum Gasteiger partial charge on any atom is 0.256 e. The Bertz CT molecular complexity index is 1160. The van der Waals surface area contributed by atoms with Gasteiger partial charge in [-0.05, 0) is 24.0 Å². The van der Waals surface area contributed by atoms with Crippen molar-refractivity contribution in [1.29, 1.82) is 0 Å². The minimum atomic E-state index is -1.21. The third-order valence-electron chi connectivity index (χ3n) is 7.23. The molecular weight excluding hydrogens is 440 g/mol. The van der Waals surface area contributed by atoms with Crippen LogP contribution in [-0.4, -0.2) is 53.5 Å². The van der Waals surface area contributed by atoms with Crippen LogP contribution >= 0.6 is 0 Å². The van der Waals surface area contributed by atoms with Gasteiger partial charge in [0.25, 0.3) is 11.8 Å². The summed E-state index contributed by atoms with van der Waals surface area (Å²) in [6.07, 6.45) is -0.0133. The smallest absolute Gasteiger partial charge is 0.256 e. The lowest BCUT2D eigenvalue weighted by Gasteiger charge is -2.42. The van der Waals surface area contributed by atoms with Crippen molar-refractivity contribution in [3.8, 4) is 0 Å². The zero-order valence-electron chi connectivity index (χ0n) is 19.5. The second-order valence-corrected chi connectivity index (χ2v) is 9.42. The number of benzene rings is 3. The standard InChI is InChI=1S/C29H28N2O4/c32-27(30-18-10-11-19-30)25-26-28(33)31(20-29(34-25,35-26)23-16-8-3-9-17-23)24(21-12-4-1-5-13-21)22-14-6-2-7-15-22/h1-9,12-17,24-26H,10-11,18-20H2/t25-,26+,29-/m1/s1. The number of ether oxygens (including phenoxy) is 2. The zero-order valence-corrected chi connectivity index (χ0v) is 19.5. The number of carbonyl (C=O) groups is 2. The molecule has 3 aromatic rings. The van der Waals surface area contributed by atoms with Gasteiger partial charge in [0, 0.05) is 18.7 Å². The van der Waals surface area contributed by atoms with Crippen LogP contribution in [0.2, 0.25) is 0 Å². The van der Waals surface area contributed by atoms with E-state index in [9.17, 15) is 9.59 Å². The van der Waals surface area contributed by atoms with Crippen molar-refractivity contribution in [3.63, 3.8) is 0 Å². The number of hydrogen-bond acceptors (Lipinski definition) is 4. The van der Waals surface area contributed by atoms with Crippen LogP contribution in [0.4, 0.5) is 0 Å². The van der Waals surface area contributed by atoms with Gasteiger partial charge in [-0.15, -0.1) is 0 Å². The Balaban J connectivity index is 1.44. The van der Waals surface area contributed by atoms with Crippen LogP contribution in [0.25, 0.3) is 0 Å².